The van der Waals surface area contributed by atoms with E-state index in [-0.39, 0.29) is 11.5 Å². The molecule has 0 bridgehead atoms. The molecule has 0 saturated heterocycles. The summed E-state index contributed by atoms with van der Waals surface area (Å²) in [5.74, 6) is 0.0246. The van der Waals surface area contributed by atoms with Gasteiger partial charge in [0.2, 0.25) is 5.91 Å². The van der Waals surface area contributed by atoms with Crippen LogP contribution in [0.2, 0.25) is 0 Å². The Kier molecular flexibility index (Phi) is 5.75. The summed E-state index contributed by atoms with van der Waals surface area (Å²) in [6, 6.07) is 0. The highest BCUT2D eigenvalue weighted by Gasteiger charge is 2.09. The lowest BCUT2D eigenvalue weighted by Gasteiger charge is -2.12. The highest BCUT2D eigenvalue weighted by Crippen LogP contribution is 2.15. The third-order valence-electron chi connectivity index (χ3n) is 2.44. The summed E-state index contributed by atoms with van der Waals surface area (Å²) in [5.41, 5.74) is 0.348. The molecule has 0 radical (unpaired) electrons. The van der Waals surface area contributed by atoms with Crippen molar-refractivity contribution < 1.29 is 4.79 Å². The average molecular weight is 329 g/mol. The molecule has 0 aliphatic rings. The molecule has 0 atom stereocenters. The summed E-state index contributed by atoms with van der Waals surface area (Å²) in [5, 5.41) is 7.02. The number of hydrogen-bond acceptors (Lipinski definition) is 4. The van der Waals surface area contributed by atoms with Crippen LogP contribution in [-0.2, 0) is 11.3 Å². The normalized spacial score (nSPS) is 10.1. The molecule has 0 fully saturated rings. The maximum atomic E-state index is 11.9. The number of carbonyl (C=O) groups is 1. The Balaban J connectivity index is 2.70. The lowest BCUT2D eigenvalue weighted by Crippen LogP contribution is -2.26. The van der Waals surface area contributed by atoms with Crippen molar-refractivity contribution in [1.82, 2.24) is 14.7 Å². The molecular formula is C12H17BrN4O2. The lowest BCUT2D eigenvalue weighted by atomic mass is 10.3. The summed E-state index contributed by atoms with van der Waals surface area (Å²) < 4.78 is 1.70. The van der Waals surface area contributed by atoms with Crippen LogP contribution in [0.25, 0.3) is 0 Å². The molecule has 1 heterocycles. The smallest absolute Gasteiger partial charge is 0.283 e. The van der Waals surface area contributed by atoms with Crippen molar-refractivity contribution in [2.24, 2.45) is 0 Å². The first kappa shape index (κ1) is 15.4. The van der Waals surface area contributed by atoms with Gasteiger partial charge in [0.15, 0.2) is 0 Å². The molecule has 1 N–H and O–H groups in total. The van der Waals surface area contributed by atoms with E-state index in [9.17, 15) is 9.59 Å². The molecule has 0 aromatic carbocycles. The first-order valence-electron chi connectivity index (χ1n) is 5.78. The first-order valence-corrected chi connectivity index (χ1v) is 6.57. The van der Waals surface area contributed by atoms with Crippen LogP contribution in [0.4, 0.5) is 5.69 Å². The number of rotatable bonds is 6. The van der Waals surface area contributed by atoms with Gasteiger partial charge < -0.3 is 10.2 Å². The highest BCUT2D eigenvalue weighted by atomic mass is 79.9. The zero-order valence-corrected chi connectivity index (χ0v) is 12.6. The molecule has 0 unspecified atom stereocenters. The van der Waals surface area contributed by atoms with Crippen molar-refractivity contribution in [1.29, 1.82) is 0 Å². The largest absolute Gasteiger partial charge is 0.382 e. The van der Waals surface area contributed by atoms with Gasteiger partial charge in [-0.2, -0.15) is 5.10 Å². The molecule has 0 aliphatic carbocycles. The van der Waals surface area contributed by atoms with Gasteiger partial charge in [0.25, 0.3) is 5.56 Å². The third kappa shape index (κ3) is 4.20. The van der Waals surface area contributed by atoms with Crippen LogP contribution in [-0.4, -0.2) is 41.2 Å². The second-order valence-electron chi connectivity index (χ2n) is 4.11. The van der Waals surface area contributed by atoms with E-state index in [4.69, 9.17) is 0 Å². The van der Waals surface area contributed by atoms with E-state index in [1.54, 1.807) is 26.4 Å². The maximum absolute atomic E-state index is 11.9. The minimum atomic E-state index is -0.233. The van der Waals surface area contributed by atoms with Gasteiger partial charge in [0.05, 0.1) is 18.4 Å². The Morgan fingerprint density at radius 3 is 2.89 bits per heavy atom. The number of hydrogen-bond donors (Lipinski definition) is 1. The summed E-state index contributed by atoms with van der Waals surface area (Å²) in [6.07, 6.45) is 3.51. The number of nitrogens with one attached hydrogen (secondary N) is 1. The summed E-state index contributed by atoms with van der Waals surface area (Å²) in [6.45, 7) is 4.37. The van der Waals surface area contributed by atoms with E-state index in [1.165, 1.54) is 9.58 Å². The van der Waals surface area contributed by atoms with Gasteiger partial charge >= 0.3 is 0 Å². The van der Waals surface area contributed by atoms with Crippen LogP contribution >= 0.6 is 15.9 Å². The van der Waals surface area contributed by atoms with E-state index in [0.29, 0.717) is 29.7 Å². The van der Waals surface area contributed by atoms with E-state index in [2.05, 4.69) is 32.9 Å². The second kappa shape index (κ2) is 7.08. The standard InChI is InChI=1S/C12H17BrN4O2/c1-4-7-17-12(19)11(13)9(8-15-17)14-6-5-10(18)16(2)3/h4,8,14H,1,5-7H2,2-3H3. The predicted octanol–water partition coefficient (Wildman–Crippen LogP) is 1.08. The van der Waals surface area contributed by atoms with E-state index in [0.717, 1.165) is 0 Å². The lowest BCUT2D eigenvalue weighted by molar-refractivity contribution is -0.128. The Labute approximate surface area is 120 Å². The molecule has 1 amide bonds. The highest BCUT2D eigenvalue weighted by molar-refractivity contribution is 9.10. The van der Waals surface area contributed by atoms with E-state index in [1.807, 2.05) is 0 Å². The Hall–Kier alpha value is -1.63. The fourth-order valence-corrected chi connectivity index (χ4v) is 1.82. The fraction of sp³-hybridized carbons (Fsp3) is 0.417. The molecule has 19 heavy (non-hydrogen) atoms. The summed E-state index contributed by atoms with van der Waals surface area (Å²) >= 11 is 3.23. The van der Waals surface area contributed by atoms with Crippen LogP contribution in [0, 0.1) is 0 Å². The van der Waals surface area contributed by atoms with Gasteiger partial charge in [-0.05, 0) is 15.9 Å². The SMILES string of the molecule is C=CCn1ncc(NCCC(=O)N(C)C)c(Br)c1=O. The maximum Gasteiger partial charge on any atom is 0.283 e. The molecule has 104 valence electrons. The zero-order valence-electron chi connectivity index (χ0n) is 11.0. The number of aromatic nitrogens is 2. The number of anilines is 1. The van der Waals surface area contributed by atoms with Crippen molar-refractivity contribution in [2.75, 3.05) is 26.0 Å². The van der Waals surface area contributed by atoms with Crippen LogP contribution in [0.15, 0.2) is 28.1 Å². The third-order valence-corrected chi connectivity index (χ3v) is 3.21. The summed E-state index contributed by atoms with van der Waals surface area (Å²) in [7, 11) is 3.41. The van der Waals surface area contributed by atoms with Crippen LogP contribution < -0.4 is 10.9 Å². The minimum Gasteiger partial charge on any atom is -0.382 e. The molecule has 7 heteroatoms. The molecular weight excluding hydrogens is 312 g/mol. The van der Waals surface area contributed by atoms with Crippen molar-refractivity contribution in [3.63, 3.8) is 0 Å². The van der Waals surface area contributed by atoms with Gasteiger partial charge in [-0.1, -0.05) is 6.08 Å². The molecule has 6 nitrogen and oxygen atoms in total. The Bertz CT molecular complexity index is 525. The zero-order chi connectivity index (χ0) is 14.4. The van der Waals surface area contributed by atoms with Gasteiger partial charge in [-0.15, -0.1) is 6.58 Å². The molecule has 1 rings (SSSR count). The number of nitrogens with zero attached hydrogens (tertiary/aromatic N) is 3. The number of halogens is 1. The molecule has 0 aliphatic heterocycles. The molecule has 0 spiro atoms. The first-order chi connectivity index (χ1) is 8.97. The summed E-state index contributed by atoms with van der Waals surface area (Å²) in [4.78, 5) is 24.8. The average Bonchev–Trinajstić information content (AvgIpc) is 2.37. The van der Waals surface area contributed by atoms with Crippen molar-refractivity contribution in [3.8, 4) is 0 Å². The van der Waals surface area contributed by atoms with E-state index < -0.39 is 0 Å². The Morgan fingerprint density at radius 1 is 1.63 bits per heavy atom. The van der Waals surface area contributed by atoms with Gasteiger partial charge in [0.1, 0.15) is 4.47 Å². The monoisotopic (exact) mass is 328 g/mol. The van der Waals surface area contributed by atoms with Crippen molar-refractivity contribution in [3.05, 3.63) is 33.7 Å². The molecule has 1 aromatic rings. The quantitative estimate of drug-likeness (QED) is 0.793. The van der Waals surface area contributed by atoms with Gasteiger partial charge in [-0.25, -0.2) is 4.68 Å². The topological polar surface area (TPSA) is 67.2 Å². The number of allylic oxidation sites excluding steroid dienone is 1. The molecule has 1 aromatic heterocycles. The van der Waals surface area contributed by atoms with E-state index >= 15 is 0 Å². The fourth-order valence-electron chi connectivity index (χ4n) is 1.37. The van der Waals surface area contributed by atoms with Crippen molar-refractivity contribution >= 4 is 27.5 Å². The van der Waals surface area contributed by atoms with Crippen molar-refractivity contribution in [2.45, 2.75) is 13.0 Å². The van der Waals surface area contributed by atoms with Crippen LogP contribution in [0.1, 0.15) is 6.42 Å². The van der Waals surface area contributed by atoms with Crippen LogP contribution in [0.5, 0.6) is 0 Å². The number of amides is 1. The Morgan fingerprint density at radius 2 is 2.32 bits per heavy atom. The second-order valence-corrected chi connectivity index (χ2v) is 4.91. The minimum absolute atomic E-state index is 0.0246. The predicted molar refractivity (Wildman–Crippen MR) is 78.2 cm³/mol. The van der Waals surface area contributed by atoms with Crippen LogP contribution in [0.3, 0.4) is 0 Å². The van der Waals surface area contributed by atoms with Gasteiger partial charge in [-0.3, -0.25) is 9.59 Å². The number of carbonyl (C=O) groups excluding carboxylic acids is 1. The van der Waals surface area contributed by atoms with Gasteiger partial charge in [0, 0.05) is 27.1 Å². The molecule has 0 saturated carbocycles.